The SMILES string of the molecule is NCC1(CNC(=O)c2c[nH]c3ccccc23)CC1. The lowest BCUT2D eigenvalue weighted by atomic mass is 10.1. The van der Waals surface area contributed by atoms with E-state index in [4.69, 9.17) is 5.73 Å². The topological polar surface area (TPSA) is 70.9 Å². The summed E-state index contributed by atoms with van der Waals surface area (Å²) in [5.74, 6) is -0.0211. The van der Waals surface area contributed by atoms with Crippen LogP contribution in [-0.2, 0) is 0 Å². The molecule has 0 atom stereocenters. The van der Waals surface area contributed by atoms with Crippen molar-refractivity contribution in [2.45, 2.75) is 12.8 Å². The van der Waals surface area contributed by atoms with Crippen LogP contribution in [0.15, 0.2) is 30.5 Å². The zero-order valence-corrected chi connectivity index (χ0v) is 10.2. The lowest BCUT2D eigenvalue weighted by molar-refractivity contribution is 0.0947. The Kier molecular flexibility index (Phi) is 2.59. The Hall–Kier alpha value is -1.81. The van der Waals surface area contributed by atoms with Gasteiger partial charge in [0, 0.05) is 29.1 Å². The zero-order chi connectivity index (χ0) is 12.6. The molecule has 1 amide bonds. The van der Waals surface area contributed by atoms with Crippen LogP contribution in [0, 0.1) is 5.41 Å². The molecule has 4 heteroatoms. The fourth-order valence-electron chi connectivity index (χ4n) is 2.25. The first-order valence-corrected chi connectivity index (χ1v) is 6.28. The Balaban J connectivity index is 1.76. The third kappa shape index (κ3) is 1.88. The maximum atomic E-state index is 12.1. The average molecular weight is 243 g/mol. The molecule has 0 radical (unpaired) electrons. The summed E-state index contributed by atoms with van der Waals surface area (Å²) in [6, 6.07) is 7.81. The van der Waals surface area contributed by atoms with Crippen molar-refractivity contribution in [1.82, 2.24) is 10.3 Å². The third-order valence-corrected chi connectivity index (χ3v) is 3.85. The van der Waals surface area contributed by atoms with Gasteiger partial charge >= 0.3 is 0 Å². The number of para-hydroxylation sites is 1. The number of nitrogens with two attached hydrogens (primary N) is 1. The van der Waals surface area contributed by atoms with E-state index < -0.39 is 0 Å². The third-order valence-electron chi connectivity index (χ3n) is 3.85. The smallest absolute Gasteiger partial charge is 0.253 e. The Labute approximate surface area is 106 Å². The molecule has 0 aliphatic heterocycles. The summed E-state index contributed by atoms with van der Waals surface area (Å²) in [6.45, 7) is 1.34. The summed E-state index contributed by atoms with van der Waals surface area (Å²) >= 11 is 0. The number of aromatic amines is 1. The highest BCUT2D eigenvalue weighted by Gasteiger charge is 2.41. The molecule has 1 aromatic heterocycles. The minimum atomic E-state index is -0.0211. The number of benzene rings is 1. The zero-order valence-electron chi connectivity index (χ0n) is 10.2. The van der Waals surface area contributed by atoms with Crippen LogP contribution in [-0.4, -0.2) is 24.0 Å². The summed E-state index contributed by atoms with van der Waals surface area (Å²) < 4.78 is 0. The van der Waals surface area contributed by atoms with Gasteiger partial charge in [0.05, 0.1) is 5.56 Å². The highest BCUT2D eigenvalue weighted by atomic mass is 16.1. The van der Waals surface area contributed by atoms with E-state index in [0.29, 0.717) is 18.7 Å². The highest BCUT2D eigenvalue weighted by Crippen LogP contribution is 2.43. The van der Waals surface area contributed by atoms with Gasteiger partial charge < -0.3 is 16.0 Å². The number of H-pyrrole nitrogens is 1. The molecule has 1 aliphatic rings. The van der Waals surface area contributed by atoms with Gasteiger partial charge in [-0.25, -0.2) is 0 Å². The number of rotatable bonds is 4. The van der Waals surface area contributed by atoms with Crippen molar-refractivity contribution < 1.29 is 4.79 Å². The lowest BCUT2D eigenvalue weighted by Crippen LogP contribution is -2.33. The van der Waals surface area contributed by atoms with E-state index in [1.807, 2.05) is 24.3 Å². The van der Waals surface area contributed by atoms with E-state index in [1.54, 1.807) is 6.20 Å². The number of amides is 1. The van der Waals surface area contributed by atoms with Gasteiger partial charge in [0.2, 0.25) is 0 Å². The van der Waals surface area contributed by atoms with Crippen molar-refractivity contribution in [3.63, 3.8) is 0 Å². The van der Waals surface area contributed by atoms with Crippen molar-refractivity contribution in [2.24, 2.45) is 11.1 Å². The van der Waals surface area contributed by atoms with Gasteiger partial charge in [0.25, 0.3) is 5.91 Å². The first kappa shape index (κ1) is 11.3. The van der Waals surface area contributed by atoms with E-state index in [9.17, 15) is 4.79 Å². The second kappa shape index (κ2) is 4.14. The number of carbonyl (C=O) groups is 1. The minimum absolute atomic E-state index is 0.0211. The largest absolute Gasteiger partial charge is 0.360 e. The maximum absolute atomic E-state index is 12.1. The van der Waals surface area contributed by atoms with Crippen LogP contribution in [0.1, 0.15) is 23.2 Å². The second-order valence-electron chi connectivity index (χ2n) is 5.13. The van der Waals surface area contributed by atoms with Crippen LogP contribution in [0.3, 0.4) is 0 Å². The summed E-state index contributed by atoms with van der Waals surface area (Å²) in [5, 5.41) is 3.96. The van der Waals surface area contributed by atoms with Crippen LogP contribution in [0.25, 0.3) is 10.9 Å². The lowest BCUT2D eigenvalue weighted by Gasteiger charge is -2.12. The molecule has 1 fully saturated rings. The van der Waals surface area contributed by atoms with E-state index in [0.717, 1.165) is 23.7 Å². The van der Waals surface area contributed by atoms with Crippen LogP contribution in [0.2, 0.25) is 0 Å². The van der Waals surface area contributed by atoms with Gasteiger partial charge in [-0.05, 0) is 25.5 Å². The monoisotopic (exact) mass is 243 g/mol. The first-order valence-electron chi connectivity index (χ1n) is 6.28. The molecule has 2 aromatic rings. The standard InChI is InChI=1S/C14H17N3O/c15-8-14(5-6-14)9-17-13(18)11-7-16-12-4-2-1-3-10(11)12/h1-4,7,16H,5-6,8-9,15H2,(H,17,18). The number of fused-ring (bicyclic) bond motifs is 1. The Morgan fingerprint density at radius 3 is 2.89 bits per heavy atom. The van der Waals surface area contributed by atoms with E-state index in [2.05, 4.69) is 10.3 Å². The average Bonchev–Trinajstić information content (AvgIpc) is 3.07. The predicted octanol–water partition coefficient (Wildman–Crippen LogP) is 1.64. The van der Waals surface area contributed by atoms with Crippen molar-refractivity contribution in [1.29, 1.82) is 0 Å². The Bertz CT molecular complexity index is 583. The number of carbonyl (C=O) groups excluding carboxylic acids is 1. The van der Waals surface area contributed by atoms with Crippen molar-refractivity contribution >= 4 is 16.8 Å². The molecule has 1 aromatic carbocycles. The molecule has 18 heavy (non-hydrogen) atoms. The Morgan fingerprint density at radius 2 is 2.17 bits per heavy atom. The molecule has 4 nitrogen and oxygen atoms in total. The number of hydrogen-bond acceptors (Lipinski definition) is 2. The van der Waals surface area contributed by atoms with Gasteiger partial charge in [-0.15, -0.1) is 0 Å². The highest BCUT2D eigenvalue weighted by molar-refractivity contribution is 6.06. The quantitative estimate of drug-likeness (QED) is 0.764. The van der Waals surface area contributed by atoms with Gasteiger partial charge in [-0.3, -0.25) is 4.79 Å². The number of nitrogens with one attached hydrogen (secondary N) is 2. The number of hydrogen-bond donors (Lipinski definition) is 3. The molecular weight excluding hydrogens is 226 g/mol. The van der Waals surface area contributed by atoms with Gasteiger partial charge in [0.1, 0.15) is 0 Å². The molecule has 1 heterocycles. The van der Waals surface area contributed by atoms with E-state index >= 15 is 0 Å². The van der Waals surface area contributed by atoms with Gasteiger partial charge in [-0.1, -0.05) is 18.2 Å². The van der Waals surface area contributed by atoms with Crippen LogP contribution in [0.5, 0.6) is 0 Å². The molecular formula is C14H17N3O. The molecule has 4 N–H and O–H groups in total. The van der Waals surface area contributed by atoms with Crippen molar-refractivity contribution in [3.05, 3.63) is 36.0 Å². The first-order chi connectivity index (χ1) is 8.74. The maximum Gasteiger partial charge on any atom is 0.253 e. The van der Waals surface area contributed by atoms with Crippen LogP contribution < -0.4 is 11.1 Å². The summed E-state index contributed by atoms with van der Waals surface area (Å²) in [4.78, 5) is 15.2. The summed E-state index contributed by atoms with van der Waals surface area (Å²) in [5.41, 5.74) is 7.57. The molecule has 1 aliphatic carbocycles. The molecule has 94 valence electrons. The molecule has 3 rings (SSSR count). The molecule has 0 unspecified atom stereocenters. The van der Waals surface area contributed by atoms with Crippen LogP contribution in [0.4, 0.5) is 0 Å². The second-order valence-corrected chi connectivity index (χ2v) is 5.13. The minimum Gasteiger partial charge on any atom is -0.360 e. The van der Waals surface area contributed by atoms with E-state index in [-0.39, 0.29) is 11.3 Å². The normalized spacial score (nSPS) is 16.7. The van der Waals surface area contributed by atoms with Crippen molar-refractivity contribution in [2.75, 3.05) is 13.1 Å². The Morgan fingerprint density at radius 1 is 1.39 bits per heavy atom. The number of aromatic nitrogens is 1. The van der Waals surface area contributed by atoms with Gasteiger partial charge in [0.15, 0.2) is 0 Å². The predicted molar refractivity (Wildman–Crippen MR) is 71.4 cm³/mol. The fourth-order valence-corrected chi connectivity index (χ4v) is 2.25. The molecule has 0 bridgehead atoms. The molecule has 1 saturated carbocycles. The summed E-state index contributed by atoms with van der Waals surface area (Å²) in [7, 11) is 0. The summed E-state index contributed by atoms with van der Waals surface area (Å²) in [6.07, 6.45) is 4.01. The molecule has 0 spiro atoms. The fraction of sp³-hybridized carbons (Fsp3) is 0.357. The van der Waals surface area contributed by atoms with Crippen LogP contribution >= 0.6 is 0 Å². The molecule has 0 saturated heterocycles. The van der Waals surface area contributed by atoms with Crippen molar-refractivity contribution in [3.8, 4) is 0 Å². The van der Waals surface area contributed by atoms with E-state index in [1.165, 1.54) is 0 Å². The van der Waals surface area contributed by atoms with Gasteiger partial charge in [-0.2, -0.15) is 0 Å².